The van der Waals surface area contributed by atoms with Crippen LogP contribution >= 0.6 is 0 Å². The van der Waals surface area contributed by atoms with E-state index in [1.165, 1.54) is 6.92 Å². The molecule has 0 bridgehead atoms. The molecule has 0 aromatic carbocycles. The number of aliphatic hydroxyl groups excluding tert-OH is 1. The second kappa shape index (κ2) is 9.43. The molecule has 1 aliphatic heterocycles. The van der Waals surface area contributed by atoms with E-state index < -0.39 is 59.3 Å². The highest BCUT2D eigenvalue weighted by Gasteiger charge is 2.49. The molecule has 1 amide bonds. The van der Waals surface area contributed by atoms with Gasteiger partial charge in [0.05, 0.1) is 10.8 Å². The molecular formula is C18H30N4O7. The Hall–Kier alpha value is -2.36. The molecule has 29 heavy (non-hydrogen) atoms. The van der Waals surface area contributed by atoms with Gasteiger partial charge in [-0.3, -0.25) is 14.4 Å². The van der Waals surface area contributed by atoms with Gasteiger partial charge in [0.2, 0.25) is 5.91 Å². The number of hydrogen-bond donors (Lipinski definition) is 2. The zero-order valence-corrected chi connectivity index (χ0v) is 17.8. The lowest BCUT2D eigenvalue weighted by atomic mass is 9.93. The number of hydrogen-bond acceptors (Lipinski definition) is 8. The maximum Gasteiger partial charge on any atom is 0.311 e. The molecule has 164 valence electrons. The Morgan fingerprint density at radius 3 is 2.14 bits per heavy atom. The molecule has 1 rings (SSSR count). The summed E-state index contributed by atoms with van der Waals surface area (Å²) >= 11 is 0. The molecule has 0 aromatic heterocycles. The third kappa shape index (κ3) is 6.88. The first-order chi connectivity index (χ1) is 13.2. The number of nitrogens with one attached hydrogen (secondary N) is 1. The zero-order valence-electron chi connectivity index (χ0n) is 17.8. The van der Waals surface area contributed by atoms with Crippen LogP contribution in [0.5, 0.6) is 0 Å². The van der Waals surface area contributed by atoms with Crippen molar-refractivity contribution in [2.75, 3.05) is 6.61 Å². The first-order valence-corrected chi connectivity index (χ1v) is 9.21. The Balaban J connectivity index is 3.17. The van der Waals surface area contributed by atoms with Gasteiger partial charge in [-0.1, -0.05) is 5.11 Å². The van der Waals surface area contributed by atoms with E-state index in [2.05, 4.69) is 15.3 Å². The minimum absolute atomic E-state index is 0.356. The Morgan fingerprint density at radius 1 is 1.14 bits per heavy atom. The van der Waals surface area contributed by atoms with Crippen LogP contribution in [-0.4, -0.2) is 60.1 Å². The van der Waals surface area contributed by atoms with E-state index >= 15 is 0 Å². The fraction of sp³-hybridized carbons (Fsp3) is 0.833. The summed E-state index contributed by atoms with van der Waals surface area (Å²) in [6.45, 7) is 10.7. The van der Waals surface area contributed by atoms with E-state index in [4.69, 9.17) is 19.7 Å². The molecule has 1 fully saturated rings. The number of aliphatic hydroxyl groups is 1. The Kier molecular flexibility index (Phi) is 8.02. The Morgan fingerprint density at radius 2 is 1.69 bits per heavy atom. The lowest BCUT2D eigenvalue weighted by molar-refractivity contribution is -0.217. The van der Waals surface area contributed by atoms with Crippen LogP contribution in [0, 0.1) is 10.8 Å². The van der Waals surface area contributed by atoms with Gasteiger partial charge >= 0.3 is 11.9 Å². The number of rotatable bonds is 5. The predicted molar refractivity (Wildman–Crippen MR) is 101 cm³/mol. The van der Waals surface area contributed by atoms with Crippen LogP contribution in [-0.2, 0) is 28.6 Å². The van der Waals surface area contributed by atoms with Crippen molar-refractivity contribution in [3.8, 4) is 0 Å². The Bertz CT molecular complexity index is 677. The summed E-state index contributed by atoms with van der Waals surface area (Å²) in [6.07, 6.45) is -5.16. The van der Waals surface area contributed by atoms with Gasteiger partial charge in [0.1, 0.15) is 24.9 Å². The molecule has 0 spiro atoms. The number of carbonyl (C=O) groups excluding carboxylic acids is 3. The third-order valence-corrected chi connectivity index (χ3v) is 4.07. The summed E-state index contributed by atoms with van der Waals surface area (Å²) in [5, 5.41) is 16.7. The lowest BCUT2D eigenvalue weighted by Crippen LogP contribution is -2.65. The van der Waals surface area contributed by atoms with Crippen LogP contribution in [0.15, 0.2) is 5.11 Å². The van der Waals surface area contributed by atoms with Gasteiger partial charge in [-0.25, -0.2) is 0 Å². The number of amides is 1. The number of nitrogens with zero attached hydrogens (tertiary/aromatic N) is 3. The average Bonchev–Trinajstić information content (AvgIpc) is 2.56. The first-order valence-electron chi connectivity index (χ1n) is 9.21. The van der Waals surface area contributed by atoms with E-state index in [0.717, 1.165) is 0 Å². The van der Waals surface area contributed by atoms with E-state index in [1.807, 2.05) is 0 Å². The van der Waals surface area contributed by atoms with Crippen molar-refractivity contribution in [2.45, 2.75) is 79.0 Å². The summed E-state index contributed by atoms with van der Waals surface area (Å²) in [6, 6.07) is -1.13. The monoisotopic (exact) mass is 414 g/mol. The van der Waals surface area contributed by atoms with Gasteiger partial charge < -0.3 is 24.6 Å². The summed E-state index contributed by atoms with van der Waals surface area (Å²) in [4.78, 5) is 38.7. The van der Waals surface area contributed by atoms with Crippen molar-refractivity contribution in [1.82, 2.24) is 5.32 Å². The van der Waals surface area contributed by atoms with E-state index in [-0.39, 0.29) is 6.61 Å². The van der Waals surface area contributed by atoms with Crippen LogP contribution in [0.25, 0.3) is 10.4 Å². The topological polar surface area (TPSA) is 160 Å². The van der Waals surface area contributed by atoms with Gasteiger partial charge in [-0.05, 0) is 47.1 Å². The highest BCUT2D eigenvalue weighted by molar-refractivity contribution is 5.76. The molecule has 1 saturated heterocycles. The summed E-state index contributed by atoms with van der Waals surface area (Å²) < 4.78 is 16.2. The SMILES string of the molecule is CC(=O)N[C@@H]1[C@@H](OC(=O)C(C)(C)C)[C@H](O)[C@@H](COC(=O)C(C)(C)C)O[C@H]1N=[N+]=[N-]. The summed E-state index contributed by atoms with van der Waals surface area (Å²) in [7, 11) is 0. The normalized spacial score (nSPS) is 27.4. The standard InChI is InChI=1S/C18H30N4O7/c1-9(23)20-11-13(29-16(26)18(5,6)7)12(24)10(28-14(11)21-22-19)8-27-15(25)17(2,3)4/h10-14,24H,8H2,1-7H3,(H,20,23)/t10-,11-,12-,13-,14-/m1/s1. The van der Waals surface area contributed by atoms with Crippen molar-refractivity contribution < 1.29 is 33.7 Å². The molecule has 0 radical (unpaired) electrons. The fourth-order valence-electron chi connectivity index (χ4n) is 2.42. The molecule has 11 nitrogen and oxygen atoms in total. The molecule has 11 heteroatoms. The van der Waals surface area contributed by atoms with E-state index in [9.17, 15) is 19.5 Å². The maximum absolute atomic E-state index is 12.4. The molecular weight excluding hydrogens is 384 g/mol. The number of carbonyl (C=O) groups is 3. The number of ether oxygens (including phenoxy) is 3. The van der Waals surface area contributed by atoms with Gasteiger partial charge in [0, 0.05) is 11.8 Å². The molecule has 5 atom stereocenters. The quantitative estimate of drug-likeness (QED) is 0.298. The van der Waals surface area contributed by atoms with Gasteiger partial charge in [-0.2, -0.15) is 0 Å². The average molecular weight is 414 g/mol. The molecule has 1 heterocycles. The van der Waals surface area contributed by atoms with E-state index in [0.29, 0.717) is 0 Å². The second-order valence-electron chi connectivity index (χ2n) is 8.96. The summed E-state index contributed by atoms with van der Waals surface area (Å²) in [5.41, 5.74) is 7.19. The molecule has 0 unspecified atom stereocenters. The van der Waals surface area contributed by atoms with Crippen molar-refractivity contribution in [1.29, 1.82) is 0 Å². The molecule has 1 aliphatic rings. The molecule has 2 N–H and O–H groups in total. The van der Waals surface area contributed by atoms with Gasteiger partial charge in [0.15, 0.2) is 12.3 Å². The lowest BCUT2D eigenvalue weighted by Gasteiger charge is -2.43. The molecule has 0 aliphatic carbocycles. The van der Waals surface area contributed by atoms with Gasteiger partial charge in [0.25, 0.3) is 0 Å². The van der Waals surface area contributed by atoms with Crippen molar-refractivity contribution in [3.63, 3.8) is 0 Å². The fourth-order valence-corrected chi connectivity index (χ4v) is 2.42. The predicted octanol–water partition coefficient (Wildman–Crippen LogP) is 1.43. The van der Waals surface area contributed by atoms with Crippen LogP contribution in [0.3, 0.4) is 0 Å². The molecule has 0 aromatic rings. The van der Waals surface area contributed by atoms with Crippen molar-refractivity contribution >= 4 is 17.8 Å². The highest BCUT2D eigenvalue weighted by atomic mass is 16.6. The summed E-state index contributed by atoms with van der Waals surface area (Å²) in [5.74, 6) is -1.66. The minimum atomic E-state index is -1.45. The van der Waals surface area contributed by atoms with Crippen molar-refractivity contribution in [2.24, 2.45) is 15.9 Å². The van der Waals surface area contributed by atoms with Crippen LogP contribution in [0.4, 0.5) is 0 Å². The smallest absolute Gasteiger partial charge is 0.311 e. The Labute approximate surface area is 169 Å². The minimum Gasteiger partial charge on any atom is -0.462 e. The zero-order chi connectivity index (χ0) is 22.6. The van der Waals surface area contributed by atoms with E-state index in [1.54, 1.807) is 41.5 Å². The maximum atomic E-state index is 12.4. The highest BCUT2D eigenvalue weighted by Crippen LogP contribution is 2.28. The van der Waals surface area contributed by atoms with Crippen molar-refractivity contribution in [3.05, 3.63) is 10.4 Å². The number of esters is 2. The van der Waals surface area contributed by atoms with Crippen LogP contribution < -0.4 is 5.32 Å². The third-order valence-electron chi connectivity index (χ3n) is 4.07. The number of azide groups is 1. The molecule has 0 saturated carbocycles. The second-order valence-corrected chi connectivity index (χ2v) is 8.96. The van der Waals surface area contributed by atoms with Gasteiger partial charge in [-0.15, -0.1) is 0 Å². The van der Waals surface area contributed by atoms with Crippen LogP contribution in [0.1, 0.15) is 48.5 Å². The van der Waals surface area contributed by atoms with Crippen LogP contribution in [0.2, 0.25) is 0 Å². The first kappa shape index (κ1) is 24.7. The largest absolute Gasteiger partial charge is 0.462 e.